The van der Waals surface area contributed by atoms with E-state index >= 15 is 0 Å². The Kier molecular flexibility index (Phi) is 8.51. The molecule has 2 aliphatic carbocycles. The molecule has 0 spiro atoms. The van der Waals surface area contributed by atoms with E-state index in [1.807, 2.05) is 24.3 Å². The highest BCUT2D eigenvalue weighted by molar-refractivity contribution is 7.91. The molecule has 0 radical (unpaired) electrons. The molecule has 3 aromatic carbocycles. The van der Waals surface area contributed by atoms with Gasteiger partial charge in [-0.1, -0.05) is 39.0 Å². The molecule has 0 heterocycles. The third-order valence-electron chi connectivity index (χ3n) is 7.98. The maximum Gasteiger partial charge on any atom is 0.251 e. The molecule has 2 aliphatic rings. The smallest absolute Gasteiger partial charge is 0.251 e. The molecule has 3 aromatic rings. The Labute approximate surface area is 244 Å². The van der Waals surface area contributed by atoms with E-state index < -0.39 is 15.9 Å². The largest absolute Gasteiger partial charge is 0.344 e. The van der Waals surface area contributed by atoms with Gasteiger partial charge in [-0.2, -0.15) is 5.26 Å². The fourth-order valence-electron chi connectivity index (χ4n) is 5.30. The van der Waals surface area contributed by atoms with Crippen LogP contribution in [0.3, 0.4) is 0 Å². The first-order valence-electron chi connectivity index (χ1n) is 14.7. The van der Waals surface area contributed by atoms with Crippen LogP contribution in [0.15, 0.2) is 71.6 Å². The molecule has 0 aliphatic heterocycles. The van der Waals surface area contributed by atoms with Gasteiger partial charge in [0.1, 0.15) is 0 Å². The van der Waals surface area contributed by atoms with Crippen LogP contribution in [0, 0.1) is 17.2 Å². The normalized spacial score (nSPS) is 15.8. The topological polar surface area (TPSA) is 90.3 Å². The number of carbonyl (C=O) groups is 1. The number of amides is 1. The van der Waals surface area contributed by atoms with Crippen molar-refractivity contribution < 1.29 is 13.2 Å². The van der Waals surface area contributed by atoms with Gasteiger partial charge in [-0.05, 0) is 109 Å². The van der Waals surface area contributed by atoms with E-state index in [1.54, 1.807) is 19.1 Å². The Morgan fingerprint density at radius 3 is 2.00 bits per heavy atom. The fraction of sp³-hybridized carbons (Fsp3) is 0.412. The Bertz CT molecular complexity index is 1500. The lowest BCUT2D eigenvalue weighted by Gasteiger charge is -2.28. The molecular formula is C34H39N3O3S. The van der Waals surface area contributed by atoms with E-state index in [4.69, 9.17) is 0 Å². The average Bonchev–Trinajstić information content (AvgIpc) is 3.89. The van der Waals surface area contributed by atoms with Gasteiger partial charge >= 0.3 is 0 Å². The second kappa shape index (κ2) is 12.1. The Hall–Kier alpha value is -3.63. The number of carbonyl (C=O) groups excluding carboxylic acids is 1. The number of nitrogens with zero attached hydrogens (tertiary/aromatic N) is 2. The third-order valence-corrected chi connectivity index (χ3v) is 9.73. The fourth-order valence-corrected chi connectivity index (χ4v) is 6.18. The Morgan fingerprint density at radius 1 is 0.927 bits per heavy atom. The Morgan fingerprint density at radius 2 is 1.51 bits per heavy atom. The Balaban J connectivity index is 1.36. The van der Waals surface area contributed by atoms with Gasteiger partial charge < -0.3 is 10.2 Å². The van der Waals surface area contributed by atoms with Crippen molar-refractivity contribution >= 4 is 27.1 Å². The maximum atomic E-state index is 13.2. The highest BCUT2D eigenvalue weighted by Gasteiger charge is 2.29. The van der Waals surface area contributed by atoms with E-state index in [0.29, 0.717) is 28.9 Å². The number of sulfone groups is 1. The minimum absolute atomic E-state index is 0.0168. The molecule has 0 unspecified atom stereocenters. The van der Waals surface area contributed by atoms with Crippen LogP contribution in [-0.4, -0.2) is 26.6 Å². The van der Waals surface area contributed by atoms with Gasteiger partial charge in [0.2, 0.25) is 0 Å². The van der Waals surface area contributed by atoms with Crippen LogP contribution in [0.25, 0.3) is 0 Å². The van der Waals surface area contributed by atoms with Crippen LogP contribution in [0.2, 0.25) is 0 Å². The first kappa shape index (κ1) is 28.9. The summed E-state index contributed by atoms with van der Waals surface area (Å²) in [5.41, 5.74) is 6.39. The number of nitrogens with one attached hydrogen (secondary N) is 1. The van der Waals surface area contributed by atoms with Gasteiger partial charge in [-0.25, -0.2) is 8.42 Å². The highest BCUT2D eigenvalue weighted by atomic mass is 32.2. The number of anilines is 2. The minimum atomic E-state index is -3.32. The van der Waals surface area contributed by atoms with Gasteiger partial charge in [0.25, 0.3) is 5.91 Å². The molecule has 6 nitrogen and oxygen atoms in total. The van der Waals surface area contributed by atoms with E-state index in [2.05, 4.69) is 48.3 Å². The first-order chi connectivity index (χ1) is 19.7. The lowest BCUT2D eigenvalue weighted by molar-refractivity contribution is 0.0937. The number of nitriles is 1. The van der Waals surface area contributed by atoms with Gasteiger partial charge in [0.05, 0.1) is 29.2 Å². The van der Waals surface area contributed by atoms with Crippen molar-refractivity contribution in [1.29, 1.82) is 5.26 Å². The summed E-state index contributed by atoms with van der Waals surface area (Å²) in [6.07, 6.45) is 5.17. The molecule has 0 aromatic heterocycles. The minimum Gasteiger partial charge on any atom is -0.344 e. The van der Waals surface area contributed by atoms with Crippen LogP contribution < -0.4 is 10.2 Å². The molecule has 1 amide bonds. The van der Waals surface area contributed by atoms with E-state index in [9.17, 15) is 18.5 Å². The molecule has 0 bridgehead atoms. The highest BCUT2D eigenvalue weighted by Crippen LogP contribution is 2.47. The average molecular weight is 570 g/mol. The lowest BCUT2D eigenvalue weighted by Crippen LogP contribution is -2.28. The SMILES string of the molecule is CCS(=O)(=O)c1ccc([C@H](CC#N)NC(=O)c2ccc(N(CC(C)C)c3cc(C4CC4)cc(C4CC4)c3)cc2)cc1. The van der Waals surface area contributed by atoms with Gasteiger partial charge in [0.15, 0.2) is 9.84 Å². The van der Waals surface area contributed by atoms with Crippen molar-refractivity contribution in [1.82, 2.24) is 5.32 Å². The van der Waals surface area contributed by atoms with Crippen LogP contribution in [0.5, 0.6) is 0 Å². The van der Waals surface area contributed by atoms with Gasteiger partial charge in [0, 0.05) is 23.5 Å². The van der Waals surface area contributed by atoms with Crippen molar-refractivity contribution in [2.45, 2.75) is 75.6 Å². The monoisotopic (exact) mass is 569 g/mol. The lowest BCUT2D eigenvalue weighted by atomic mass is 10.0. The van der Waals surface area contributed by atoms with Crippen LogP contribution in [0.1, 0.15) is 97.8 Å². The van der Waals surface area contributed by atoms with Crippen molar-refractivity contribution in [3.05, 3.63) is 89.0 Å². The van der Waals surface area contributed by atoms with E-state index in [0.717, 1.165) is 12.2 Å². The van der Waals surface area contributed by atoms with Crippen molar-refractivity contribution in [3.63, 3.8) is 0 Å². The van der Waals surface area contributed by atoms with Crippen LogP contribution >= 0.6 is 0 Å². The molecule has 1 N–H and O–H groups in total. The summed E-state index contributed by atoms with van der Waals surface area (Å²) < 4.78 is 24.3. The summed E-state index contributed by atoms with van der Waals surface area (Å²) in [6, 6.07) is 22.8. The zero-order valence-corrected chi connectivity index (χ0v) is 25.0. The number of hydrogen-bond acceptors (Lipinski definition) is 5. The standard InChI is InChI=1S/C34H39N3O3S/c1-4-41(39,40)32-15-11-26(12-16-32)33(17-18-35)36-34(38)27-9-13-30(14-10-27)37(22-23(2)3)31-20-28(24-5-6-24)19-29(21-31)25-7-8-25/h9-16,19-21,23-25,33H,4-8,17,22H2,1-3H3,(H,36,38)/t33-/m0/s1. The van der Waals surface area contributed by atoms with Crippen molar-refractivity contribution in [2.75, 3.05) is 17.2 Å². The molecule has 5 rings (SSSR count). The predicted octanol–water partition coefficient (Wildman–Crippen LogP) is 7.41. The zero-order valence-electron chi connectivity index (χ0n) is 24.1. The van der Waals surface area contributed by atoms with Gasteiger partial charge in [-0.3, -0.25) is 4.79 Å². The summed E-state index contributed by atoms with van der Waals surface area (Å²) in [4.78, 5) is 15.8. The third kappa shape index (κ3) is 7.00. The molecule has 2 fully saturated rings. The van der Waals surface area contributed by atoms with E-state index in [-0.39, 0.29) is 23.0 Å². The van der Waals surface area contributed by atoms with E-state index in [1.165, 1.54) is 54.6 Å². The molecule has 41 heavy (non-hydrogen) atoms. The van der Waals surface area contributed by atoms with Crippen molar-refractivity contribution in [3.8, 4) is 6.07 Å². The number of rotatable bonds is 12. The summed E-state index contributed by atoms with van der Waals surface area (Å²) in [5, 5.41) is 12.4. The molecule has 1 atom stereocenters. The predicted molar refractivity (Wildman–Crippen MR) is 163 cm³/mol. The van der Waals surface area contributed by atoms with Crippen LogP contribution in [0.4, 0.5) is 11.4 Å². The summed E-state index contributed by atoms with van der Waals surface area (Å²) in [5.74, 6) is 1.57. The second-order valence-electron chi connectivity index (χ2n) is 11.8. The molecule has 214 valence electrons. The summed E-state index contributed by atoms with van der Waals surface area (Å²) >= 11 is 0. The molecule has 0 saturated heterocycles. The van der Waals surface area contributed by atoms with Crippen LogP contribution in [-0.2, 0) is 9.84 Å². The van der Waals surface area contributed by atoms with Gasteiger partial charge in [-0.15, -0.1) is 0 Å². The number of hydrogen-bond donors (Lipinski definition) is 1. The maximum absolute atomic E-state index is 13.2. The quantitative estimate of drug-likeness (QED) is 0.245. The summed E-state index contributed by atoms with van der Waals surface area (Å²) in [6.45, 7) is 6.92. The zero-order chi connectivity index (χ0) is 29.1. The van der Waals surface area contributed by atoms with Crippen molar-refractivity contribution in [2.24, 2.45) is 5.92 Å². The molecule has 2 saturated carbocycles. The first-order valence-corrected chi connectivity index (χ1v) is 16.4. The molecule has 7 heteroatoms. The summed E-state index contributed by atoms with van der Waals surface area (Å²) in [7, 11) is -3.32. The molecular weight excluding hydrogens is 530 g/mol. The number of benzene rings is 3. The second-order valence-corrected chi connectivity index (χ2v) is 14.1.